The summed E-state index contributed by atoms with van der Waals surface area (Å²) in [5.74, 6) is 0.430. The van der Waals surface area contributed by atoms with Gasteiger partial charge in [-0.1, -0.05) is 12.1 Å². The van der Waals surface area contributed by atoms with Crippen molar-refractivity contribution < 1.29 is 22.7 Å². The molecule has 0 atom stereocenters. The van der Waals surface area contributed by atoms with Gasteiger partial charge in [0, 0.05) is 23.9 Å². The Morgan fingerprint density at radius 3 is 2.47 bits per heavy atom. The quantitative estimate of drug-likeness (QED) is 0.346. The molecule has 4 N–H and O–H groups in total. The van der Waals surface area contributed by atoms with E-state index in [1.165, 1.54) is 32.0 Å². The highest BCUT2D eigenvalue weighted by atomic mass is 32.2. The number of nitrogens with two attached hydrogens (primary N) is 1. The number of benzene rings is 1. The summed E-state index contributed by atoms with van der Waals surface area (Å²) in [7, 11) is -2.64. The fourth-order valence-corrected chi connectivity index (χ4v) is 3.93. The molecular weight excluding hydrogens is 462 g/mol. The molecule has 0 fully saturated rings. The zero-order valence-corrected chi connectivity index (χ0v) is 19.2. The molecule has 13 heteroatoms. The van der Waals surface area contributed by atoms with Gasteiger partial charge < -0.3 is 20.0 Å². The van der Waals surface area contributed by atoms with Crippen LogP contribution in [0.25, 0.3) is 22.7 Å². The van der Waals surface area contributed by atoms with E-state index in [4.69, 9.17) is 20.0 Å². The Bertz CT molecular complexity index is 1310. The highest BCUT2D eigenvalue weighted by Gasteiger charge is 2.23. The third kappa shape index (κ3) is 5.89. The van der Waals surface area contributed by atoms with Crippen LogP contribution in [-0.2, 0) is 10.0 Å². The van der Waals surface area contributed by atoms with Crippen LogP contribution in [0.1, 0.15) is 5.69 Å². The number of sulfonamides is 1. The van der Waals surface area contributed by atoms with Gasteiger partial charge >= 0.3 is 0 Å². The van der Waals surface area contributed by atoms with Crippen LogP contribution in [0.2, 0.25) is 0 Å². The van der Waals surface area contributed by atoms with E-state index < -0.39 is 10.0 Å². The lowest BCUT2D eigenvalue weighted by Crippen LogP contribution is -2.16. The molecule has 0 saturated carbocycles. The first-order valence-corrected chi connectivity index (χ1v) is 11.4. The molecule has 12 nitrogen and oxygen atoms in total. The van der Waals surface area contributed by atoms with E-state index in [0.29, 0.717) is 29.3 Å². The summed E-state index contributed by atoms with van der Waals surface area (Å²) in [4.78, 5) is 12.5. The average Bonchev–Trinajstić information content (AvgIpc) is 3.40. The van der Waals surface area contributed by atoms with Crippen molar-refractivity contribution in [2.45, 2.75) is 11.8 Å². The Balaban J connectivity index is 0.000000751. The van der Waals surface area contributed by atoms with Gasteiger partial charge in [0.05, 0.1) is 31.3 Å². The smallest absolute Gasteiger partial charge is 0.265 e. The maximum absolute atomic E-state index is 13.1. The second kappa shape index (κ2) is 11.3. The fourth-order valence-electron chi connectivity index (χ4n) is 2.74. The number of rotatable bonds is 7. The van der Waals surface area contributed by atoms with Crippen molar-refractivity contribution in [3.8, 4) is 28.6 Å². The van der Waals surface area contributed by atoms with Crippen molar-refractivity contribution in [1.82, 2.24) is 25.1 Å². The lowest BCUT2D eigenvalue weighted by atomic mass is 10.1. The largest absolute Gasteiger partial charge is 0.478 e. The third-order valence-electron chi connectivity index (χ3n) is 4.24. The molecule has 178 valence electrons. The van der Waals surface area contributed by atoms with E-state index in [9.17, 15) is 8.42 Å². The lowest BCUT2D eigenvalue weighted by molar-refractivity contribution is 0.306. The monoisotopic (exact) mass is 485 g/mol. The molecule has 4 rings (SSSR count). The number of aliphatic hydroxyl groups excluding tert-OH is 1. The van der Waals surface area contributed by atoms with Crippen LogP contribution in [0.15, 0.2) is 64.5 Å². The third-order valence-corrected chi connectivity index (χ3v) is 5.61. The molecule has 0 radical (unpaired) electrons. The standard InChI is InChI=1S/C19H16N6O4S.C2H7NO/c1-12-10-21-17(19(23-12)28-2)25-30(26,27)15-4-3-9-20-16(15)13-5-7-14(8-6-13)18-24-22-11-29-18;3-1-2-4/h3-11H,1-2H3,(H,21,25);4H,1-3H2. The summed E-state index contributed by atoms with van der Waals surface area (Å²) in [5, 5.41) is 15.2. The van der Waals surface area contributed by atoms with Crippen LogP contribution < -0.4 is 15.2 Å². The second-order valence-electron chi connectivity index (χ2n) is 6.66. The normalized spacial score (nSPS) is 10.8. The van der Waals surface area contributed by atoms with E-state index in [2.05, 4.69) is 29.9 Å². The zero-order chi connectivity index (χ0) is 24.6. The maximum Gasteiger partial charge on any atom is 0.265 e. The van der Waals surface area contributed by atoms with E-state index in [1.54, 1.807) is 37.3 Å². The SMILES string of the molecule is COc1nc(C)cnc1NS(=O)(=O)c1cccnc1-c1ccc(-c2nnco2)cc1.NCCO. The number of hydrogen-bond donors (Lipinski definition) is 3. The van der Waals surface area contributed by atoms with Crippen LogP contribution in [0, 0.1) is 6.92 Å². The van der Waals surface area contributed by atoms with Gasteiger partial charge in [-0.3, -0.25) is 9.71 Å². The Hall–Kier alpha value is -3.94. The van der Waals surface area contributed by atoms with Crippen molar-refractivity contribution in [3.63, 3.8) is 0 Å². The Morgan fingerprint density at radius 2 is 1.85 bits per heavy atom. The number of aromatic nitrogens is 5. The van der Waals surface area contributed by atoms with Gasteiger partial charge in [-0.15, -0.1) is 10.2 Å². The molecule has 0 aliphatic carbocycles. The highest BCUT2D eigenvalue weighted by molar-refractivity contribution is 7.92. The molecule has 0 bridgehead atoms. The van der Waals surface area contributed by atoms with Gasteiger partial charge in [-0.05, 0) is 31.2 Å². The predicted molar refractivity (Wildman–Crippen MR) is 123 cm³/mol. The first kappa shape index (κ1) is 24.7. The summed E-state index contributed by atoms with van der Waals surface area (Å²) in [6.07, 6.45) is 4.20. The molecule has 0 unspecified atom stereocenters. The maximum atomic E-state index is 13.1. The van der Waals surface area contributed by atoms with Gasteiger partial charge in [0.15, 0.2) is 0 Å². The molecular formula is C21H23N7O5S. The summed E-state index contributed by atoms with van der Waals surface area (Å²) >= 11 is 0. The minimum absolute atomic E-state index is 0.00959. The van der Waals surface area contributed by atoms with Crippen LogP contribution >= 0.6 is 0 Å². The second-order valence-corrected chi connectivity index (χ2v) is 8.31. The van der Waals surface area contributed by atoms with Crippen molar-refractivity contribution in [3.05, 3.63) is 60.9 Å². The molecule has 0 amide bonds. The molecule has 3 aromatic heterocycles. The summed E-state index contributed by atoms with van der Waals surface area (Å²) < 4.78 is 38.9. The van der Waals surface area contributed by atoms with Gasteiger partial charge in [0.25, 0.3) is 15.9 Å². The van der Waals surface area contributed by atoms with Crippen LogP contribution in [0.3, 0.4) is 0 Å². The number of hydrogen-bond acceptors (Lipinski definition) is 11. The van der Waals surface area contributed by atoms with Crippen LogP contribution in [-0.4, -0.2) is 58.9 Å². The Kier molecular flexibility index (Phi) is 8.19. The Morgan fingerprint density at radius 1 is 1.15 bits per heavy atom. The number of ether oxygens (including phenoxy) is 1. The number of nitrogens with one attached hydrogen (secondary N) is 1. The van der Waals surface area contributed by atoms with Gasteiger partial charge in [-0.25, -0.2) is 18.4 Å². The average molecular weight is 486 g/mol. The summed E-state index contributed by atoms with van der Waals surface area (Å²) in [6, 6.07) is 9.96. The van der Waals surface area contributed by atoms with Gasteiger partial charge in [0.2, 0.25) is 18.1 Å². The molecule has 0 saturated heterocycles. The fraction of sp³-hybridized carbons (Fsp3) is 0.190. The van der Waals surface area contributed by atoms with E-state index in [-0.39, 0.29) is 28.9 Å². The predicted octanol–water partition coefficient (Wildman–Crippen LogP) is 1.64. The molecule has 0 spiro atoms. The van der Waals surface area contributed by atoms with E-state index in [1.807, 2.05) is 0 Å². The first-order chi connectivity index (χ1) is 16.4. The van der Waals surface area contributed by atoms with Crippen molar-refractivity contribution >= 4 is 15.8 Å². The molecule has 0 aliphatic rings. The molecule has 4 aromatic rings. The topological polar surface area (TPSA) is 179 Å². The van der Waals surface area contributed by atoms with Crippen molar-refractivity contribution in [1.29, 1.82) is 0 Å². The molecule has 0 aliphatic heterocycles. The minimum Gasteiger partial charge on any atom is -0.478 e. The highest BCUT2D eigenvalue weighted by Crippen LogP contribution is 2.29. The van der Waals surface area contributed by atoms with Crippen molar-refractivity contribution in [2.24, 2.45) is 5.73 Å². The zero-order valence-electron chi connectivity index (χ0n) is 18.4. The number of methoxy groups -OCH3 is 1. The minimum atomic E-state index is -4.03. The van der Waals surface area contributed by atoms with Crippen molar-refractivity contribution in [2.75, 3.05) is 25.0 Å². The first-order valence-electron chi connectivity index (χ1n) is 9.93. The van der Waals surface area contributed by atoms with E-state index >= 15 is 0 Å². The number of nitrogens with zero attached hydrogens (tertiary/aromatic N) is 5. The van der Waals surface area contributed by atoms with Gasteiger partial charge in [-0.2, -0.15) is 0 Å². The lowest BCUT2D eigenvalue weighted by Gasteiger charge is -2.13. The molecule has 34 heavy (non-hydrogen) atoms. The van der Waals surface area contributed by atoms with E-state index in [0.717, 1.165) is 0 Å². The Labute approximate surface area is 195 Å². The van der Waals surface area contributed by atoms with Crippen LogP contribution in [0.5, 0.6) is 5.88 Å². The summed E-state index contributed by atoms with van der Waals surface area (Å²) in [6.45, 7) is 2.20. The van der Waals surface area contributed by atoms with Gasteiger partial charge in [0.1, 0.15) is 4.90 Å². The molecule has 1 aromatic carbocycles. The number of aliphatic hydroxyl groups is 1. The number of anilines is 1. The van der Waals surface area contributed by atoms with Crippen LogP contribution in [0.4, 0.5) is 5.82 Å². The number of aryl methyl sites for hydroxylation is 1. The number of pyridine rings is 1. The summed E-state index contributed by atoms with van der Waals surface area (Å²) in [5.41, 5.74) is 6.95. The molecule has 3 heterocycles.